The maximum absolute atomic E-state index is 14.8. The van der Waals surface area contributed by atoms with Crippen molar-refractivity contribution in [3.8, 4) is 26.9 Å². The molecule has 0 saturated heterocycles. The van der Waals surface area contributed by atoms with Crippen molar-refractivity contribution < 1.29 is 28.0 Å². The van der Waals surface area contributed by atoms with Crippen molar-refractivity contribution in [2.75, 3.05) is 11.9 Å². The summed E-state index contributed by atoms with van der Waals surface area (Å²) in [5.74, 6) is -0.160. The van der Waals surface area contributed by atoms with Gasteiger partial charge in [-0.1, -0.05) is 22.9 Å². The van der Waals surface area contributed by atoms with Gasteiger partial charge in [0.25, 0.3) is 0 Å². The third kappa shape index (κ3) is 8.32. The van der Waals surface area contributed by atoms with Crippen molar-refractivity contribution in [2.45, 2.75) is 45.9 Å². The summed E-state index contributed by atoms with van der Waals surface area (Å²) in [5.41, 5.74) is 7.79. The molecule has 36 heavy (non-hydrogen) atoms. The summed E-state index contributed by atoms with van der Waals surface area (Å²) < 4.78 is 35.6. The molecule has 10 nitrogen and oxygen atoms in total. The van der Waals surface area contributed by atoms with Crippen molar-refractivity contribution in [3.63, 3.8) is 0 Å². The fourth-order valence-corrected chi connectivity index (χ4v) is 4.78. The quantitative estimate of drug-likeness (QED) is 0.245. The van der Waals surface area contributed by atoms with Gasteiger partial charge in [0, 0.05) is 28.9 Å². The lowest BCUT2D eigenvalue weighted by atomic mass is 10.2. The molecule has 0 bridgehead atoms. The Hall–Kier alpha value is -1.89. The molecule has 0 aliphatic heterocycles. The van der Waals surface area contributed by atoms with Gasteiger partial charge in [0.1, 0.15) is 22.4 Å². The summed E-state index contributed by atoms with van der Waals surface area (Å²) >= 11 is 7.63. The molecule has 0 radical (unpaired) electrons. The van der Waals surface area contributed by atoms with Gasteiger partial charge in [-0.2, -0.15) is 0 Å². The van der Waals surface area contributed by atoms with Crippen LogP contribution in [0.2, 0.25) is 5.02 Å². The lowest BCUT2D eigenvalue weighted by Crippen LogP contribution is -2.39. The molecule has 15 heteroatoms. The maximum Gasteiger partial charge on any atom is 0.469 e. The van der Waals surface area contributed by atoms with Gasteiger partial charge in [-0.15, -0.1) is 22.6 Å². The molecular weight excluding hydrogens is 555 g/mol. The van der Waals surface area contributed by atoms with Crippen LogP contribution in [0.3, 0.4) is 0 Å². The van der Waals surface area contributed by atoms with Gasteiger partial charge in [-0.25, -0.2) is 13.9 Å². The Morgan fingerprint density at radius 2 is 1.86 bits per heavy atom. The number of benzene rings is 1. The molecule has 3 aromatic rings. The fraction of sp³-hybridized carbons (Fsp3) is 0.381. The lowest BCUT2D eigenvalue weighted by Gasteiger charge is -2.21. The van der Waals surface area contributed by atoms with Crippen LogP contribution in [0, 0.1) is 12.7 Å². The normalized spacial score (nSPS) is 13.3. The molecule has 0 fully saturated rings. The molecule has 3 rings (SSSR count). The van der Waals surface area contributed by atoms with E-state index in [0.29, 0.717) is 15.6 Å². The van der Waals surface area contributed by atoms with E-state index in [4.69, 9.17) is 31.9 Å². The molecule has 0 saturated carbocycles. The zero-order valence-corrected chi connectivity index (χ0v) is 23.1. The molecule has 1 aromatic carbocycles. The highest BCUT2D eigenvalue weighted by molar-refractivity contribution is 7.46. The molecule has 2 aromatic heterocycles. The highest BCUT2D eigenvalue weighted by Crippen LogP contribution is 2.39. The lowest BCUT2D eigenvalue weighted by molar-refractivity contribution is 0.106. The van der Waals surface area contributed by atoms with Crippen LogP contribution in [0.4, 0.5) is 10.2 Å². The number of pyridine rings is 1. The molecular formula is C21H27Cl2FN5O5PS. The zero-order valence-electron chi connectivity index (χ0n) is 19.8. The molecule has 0 aliphatic carbocycles. The van der Waals surface area contributed by atoms with E-state index < -0.39 is 25.8 Å². The summed E-state index contributed by atoms with van der Waals surface area (Å²) in [4.78, 5) is 22.2. The van der Waals surface area contributed by atoms with Gasteiger partial charge < -0.3 is 25.6 Å². The number of nitrogens with one attached hydrogen (secondary N) is 1. The van der Waals surface area contributed by atoms with E-state index >= 15 is 0 Å². The Labute approximate surface area is 223 Å². The van der Waals surface area contributed by atoms with Crippen LogP contribution in [0.5, 0.6) is 5.75 Å². The molecule has 0 amide bonds. The molecule has 198 valence electrons. The van der Waals surface area contributed by atoms with Gasteiger partial charge >= 0.3 is 7.82 Å². The molecule has 2 atom stereocenters. The number of halogens is 3. The number of phosphoric acid groups is 1. The third-order valence-electron chi connectivity index (χ3n) is 4.65. The predicted octanol–water partition coefficient (Wildman–Crippen LogP) is 4.81. The number of hydrogen-bond donors (Lipinski definition) is 4. The SMILES string of the molecule is Cc1cc(-c2nnc(-c3cc(F)c(OC[C@H](N)[C@H](C)OP(=O)(O)O)cc3Cl)s2)cc(NC(C)C)n1.Cl. The molecule has 5 N–H and O–H groups in total. The summed E-state index contributed by atoms with van der Waals surface area (Å²) in [6.45, 7) is 7.03. The minimum atomic E-state index is -4.71. The van der Waals surface area contributed by atoms with E-state index in [1.54, 1.807) is 0 Å². The number of aryl methyl sites for hydroxylation is 1. The van der Waals surface area contributed by atoms with Crippen molar-refractivity contribution in [3.05, 3.63) is 40.8 Å². The number of rotatable bonds is 10. The molecule has 0 spiro atoms. The van der Waals surface area contributed by atoms with Gasteiger partial charge in [-0.05, 0) is 45.9 Å². The number of ether oxygens (including phenoxy) is 1. The fourth-order valence-electron chi connectivity index (χ4n) is 3.03. The Morgan fingerprint density at radius 3 is 2.50 bits per heavy atom. The second kappa shape index (κ2) is 12.6. The Kier molecular flexibility index (Phi) is 10.6. The van der Waals surface area contributed by atoms with Crippen LogP contribution < -0.4 is 15.8 Å². The smallest absolute Gasteiger partial charge is 0.469 e. The van der Waals surface area contributed by atoms with Crippen LogP contribution in [0.25, 0.3) is 21.1 Å². The van der Waals surface area contributed by atoms with Crippen molar-refractivity contribution >= 4 is 49.0 Å². The van der Waals surface area contributed by atoms with Crippen molar-refractivity contribution in [1.82, 2.24) is 15.2 Å². The van der Waals surface area contributed by atoms with E-state index in [2.05, 4.69) is 25.0 Å². The van der Waals surface area contributed by atoms with E-state index in [-0.39, 0.29) is 35.8 Å². The highest BCUT2D eigenvalue weighted by atomic mass is 35.5. The third-order valence-corrected chi connectivity index (χ3v) is 6.58. The largest absolute Gasteiger partial charge is 0.489 e. The summed E-state index contributed by atoms with van der Waals surface area (Å²) in [5, 5.41) is 12.9. The van der Waals surface area contributed by atoms with Gasteiger partial charge in [-0.3, -0.25) is 4.52 Å². The van der Waals surface area contributed by atoms with Gasteiger partial charge in [0.15, 0.2) is 11.6 Å². The van der Waals surface area contributed by atoms with E-state index in [0.717, 1.165) is 17.1 Å². The monoisotopic (exact) mass is 581 g/mol. The number of nitrogens with two attached hydrogens (primary N) is 1. The van der Waals surface area contributed by atoms with Gasteiger partial charge in [0.05, 0.1) is 17.2 Å². The number of hydrogen-bond acceptors (Lipinski definition) is 9. The van der Waals surface area contributed by atoms with Crippen LogP contribution in [-0.2, 0) is 9.09 Å². The second-order valence-electron chi connectivity index (χ2n) is 8.13. The topological polar surface area (TPSA) is 153 Å². The maximum atomic E-state index is 14.8. The van der Waals surface area contributed by atoms with Crippen molar-refractivity contribution in [1.29, 1.82) is 0 Å². The molecule has 0 unspecified atom stereocenters. The Bertz CT molecular complexity index is 1250. The number of aromatic nitrogens is 3. The van der Waals surface area contributed by atoms with E-state index in [9.17, 15) is 8.96 Å². The minimum Gasteiger partial charge on any atom is -0.489 e. The van der Waals surface area contributed by atoms with Crippen LogP contribution >= 0.6 is 43.2 Å². The minimum absolute atomic E-state index is 0. The average molecular weight is 582 g/mol. The first kappa shape index (κ1) is 30.3. The zero-order chi connectivity index (χ0) is 25.9. The van der Waals surface area contributed by atoms with E-state index in [1.165, 1.54) is 30.4 Å². The van der Waals surface area contributed by atoms with Crippen LogP contribution in [0.15, 0.2) is 24.3 Å². The average Bonchev–Trinajstić information content (AvgIpc) is 3.21. The highest BCUT2D eigenvalue weighted by Gasteiger charge is 2.25. The first-order valence-electron chi connectivity index (χ1n) is 10.5. The van der Waals surface area contributed by atoms with Crippen LogP contribution in [-0.4, -0.2) is 49.8 Å². The number of nitrogens with zero attached hydrogens (tertiary/aromatic N) is 3. The first-order chi connectivity index (χ1) is 16.3. The second-order valence-corrected chi connectivity index (χ2v) is 10.7. The van der Waals surface area contributed by atoms with Crippen LogP contribution in [0.1, 0.15) is 26.5 Å². The summed E-state index contributed by atoms with van der Waals surface area (Å²) in [7, 11) is -4.71. The Morgan fingerprint density at radius 1 is 1.19 bits per heavy atom. The van der Waals surface area contributed by atoms with Crippen molar-refractivity contribution in [2.24, 2.45) is 5.73 Å². The Balaban J connectivity index is 0.00000456. The number of phosphoric ester groups is 1. The number of anilines is 1. The summed E-state index contributed by atoms with van der Waals surface area (Å²) in [6.07, 6.45) is -1.03. The molecule has 2 heterocycles. The van der Waals surface area contributed by atoms with E-state index in [1.807, 2.05) is 32.9 Å². The summed E-state index contributed by atoms with van der Waals surface area (Å²) in [6, 6.07) is 5.51. The first-order valence-corrected chi connectivity index (χ1v) is 13.3. The molecule has 0 aliphatic rings. The van der Waals surface area contributed by atoms with Gasteiger partial charge in [0.2, 0.25) is 0 Å². The predicted molar refractivity (Wildman–Crippen MR) is 140 cm³/mol. The standard InChI is InChI=1S/C21H26ClFN5O5PS.ClH/c1-10(2)25-19-6-13(5-11(3)26-19)20-27-28-21(35-20)14-7-16(23)18(8-15(14)22)32-9-17(24)12(4)33-34(29,30)31;/h5-8,10,12,17H,9,24H2,1-4H3,(H,25,26)(H2,29,30,31);1H/t12-,17-;/m0./s1.